The molecule has 4 rings (SSSR count). The standard InChI is InChI=1S/C19H16BrN3O5S/c1-22-16(24)19(14-6-4-3-5-7-14)18(17(25)28-2,13-8-10-15(20)11-9-13)21-12-23(19)29(22,26)27/h3-12H,1-2H3/t18-,19+/m1/s1. The number of carbonyl (C=O) groups excluding carboxylic acids is 2. The van der Waals surface area contributed by atoms with Crippen LogP contribution in [-0.2, 0) is 35.6 Å². The molecule has 8 nitrogen and oxygen atoms in total. The number of benzene rings is 2. The highest BCUT2D eigenvalue weighted by atomic mass is 79.9. The number of aliphatic imine (C=N–C) groups is 1. The number of carbonyl (C=O) groups is 2. The van der Waals surface area contributed by atoms with Gasteiger partial charge in [-0.1, -0.05) is 58.4 Å². The molecule has 2 aliphatic rings. The lowest BCUT2D eigenvalue weighted by Gasteiger charge is -2.40. The summed E-state index contributed by atoms with van der Waals surface area (Å²) in [5.41, 5.74) is -3.31. The fraction of sp³-hybridized carbons (Fsp3) is 0.211. The Morgan fingerprint density at radius 3 is 2.28 bits per heavy atom. The smallest absolute Gasteiger partial charge is 0.341 e. The number of esters is 1. The molecule has 150 valence electrons. The monoisotopic (exact) mass is 477 g/mol. The highest BCUT2D eigenvalue weighted by Crippen LogP contribution is 2.57. The molecule has 0 spiro atoms. The van der Waals surface area contributed by atoms with Gasteiger partial charge in [-0.2, -0.15) is 8.42 Å². The molecule has 1 fully saturated rings. The Morgan fingerprint density at radius 1 is 1.07 bits per heavy atom. The normalized spacial score (nSPS) is 27.2. The topological polar surface area (TPSA) is 96.3 Å². The molecular formula is C19H16BrN3O5S. The molecule has 2 aliphatic heterocycles. The third-order valence-electron chi connectivity index (χ3n) is 5.33. The zero-order valence-electron chi connectivity index (χ0n) is 15.4. The van der Waals surface area contributed by atoms with Gasteiger partial charge in [-0.05, 0) is 23.3 Å². The number of fused-ring (bicyclic) bond motifs is 1. The van der Waals surface area contributed by atoms with Crippen LogP contribution < -0.4 is 0 Å². The number of rotatable bonds is 3. The van der Waals surface area contributed by atoms with Gasteiger partial charge in [-0.25, -0.2) is 18.4 Å². The first-order valence-corrected chi connectivity index (χ1v) is 10.7. The van der Waals surface area contributed by atoms with Crippen molar-refractivity contribution in [3.8, 4) is 0 Å². The fourth-order valence-corrected chi connectivity index (χ4v) is 5.70. The minimum atomic E-state index is -4.24. The largest absolute Gasteiger partial charge is 0.467 e. The molecule has 1 amide bonds. The number of amides is 1. The minimum absolute atomic E-state index is 0.309. The highest BCUT2D eigenvalue weighted by molar-refractivity contribution is 9.10. The third-order valence-corrected chi connectivity index (χ3v) is 7.59. The zero-order chi connectivity index (χ0) is 21.0. The van der Waals surface area contributed by atoms with E-state index in [2.05, 4.69) is 20.9 Å². The molecule has 0 radical (unpaired) electrons. The average Bonchev–Trinajstić information content (AvgIpc) is 3.17. The van der Waals surface area contributed by atoms with E-state index in [1.165, 1.54) is 7.11 Å². The molecule has 0 N–H and O–H groups in total. The van der Waals surface area contributed by atoms with Gasteiger partial charge in [-0.3, -0.25) is 4.79 Å². The quantitative estimate of drug-likeness (QED) is 0.627. The summed E-state index contributed by atoms with van der Waals surface area (Å²) in [6.07, 6.45) is 1.03. The molecule has 0 bridgehead atoms. The summed E-state index contributed by atoms with van der Waals surface area (Å²) in [5, 5.41) is 0. The maximum Gasteiger partial charge on any atom is 0.341 e. The minimum Gasteiger partial charge on any atom is -0.467 e. The van der Waals surface area contributed by atoms with E-state index in [4.69, 9.17) is 4.74 Å². The molecule has 1 saturated heterocycles. The van der Waals surface area contributed by atoms with E-state index in [0.717, 1.165) is 22.2 Å². The van der Waals surface area contributed by atoms with Gasteiger partial charge in [0.2, 0.25) is 11.1 Å². The Hall–Kier alpha value is -2.72. The Bertz CT molecular complexity index is 1140. The second kappa shape index (κ2) is 6.39. The molecular weight excluding hydrogens is 462 g/mol. The van der Waals surface area contributed by atoms with Crippen molar-refractivity contribution in [3.63, 3.8) is 0 Å². The first-order chi connectivity index (χ1) is 13.7. The molecule has 0 aromatic heterocycles. The van der Waals surface area contributed by atoms with E-state index in [0.29, 0.717) is 15.4 Å². The SMILES string of the molecule is COC(=O)[C@@]1(c2ccc(Br)cc2)N=CN2[C@@]1(c1ccccc1)C(=O)N(C)S2(=O)=O. The van der Waals surface area contributed by atoms with Crippen LogP contribution in [0, 0.1) is 0 Å². The number of likely N-dealkylation sites (N-methyl/N-ethyl adjacent to an activating group) is 1. The van der Waals surface area contributed by atoms with E-state index < -0.39 is 33.2 Å². The molecule has 0 saturated carbocycles. The van der Waals surface area contributed by atoms with Crippen molar-refractivity contribution in [2.24, 2.45) is 4.99 Å². The van der Waals surface area contributed by atoms with Crippen molar-refractivity contribution in [3.05, 3.63) is 70.2 Å². The second-order valence-electron chi connectivity index (χ2n) is 6.61. The Labute approximate surface area is 176 Å². The summed E-state index contributed by atoms with van der Waals surface area (Å²) in [6, 6.07) is 14.9. The number of nitrogens with zero attached hydrogens (tertiary/aromatic N) is 3. The van der Waals surface area contributed by atoms with Crippen molar-refractivity contribution in [1.82, 2.24) is 8.61 Å². The lowest BCUT2D eigenvalue weighted by molar-refractivity contribution is -0.156. The third kappa shape index (κ3) is 2.24. The number of ether oxygens (including phenoxy) is 1. The van der Waals surface area contributed by atoms with Crippen LogP contribution in [-0.4, -0.2) is 49.4 Å². The molecule has 10 heteroatoms. The van der Waals surface area contributed by atoms with Crippen molar-refractivity contribution in [2.75, 3.05) is 14.2 Å². The lowest BCUT2D eigenvalue weighted by Crippen LogP contribution is -2.60. The molecule has 0 aliphatic carbocycles. The Morgan fingerprint density at radius 2 is 1.69 bits per heavy atom. The molecule has 2 aromatic carbocycles. The van der Waals surface area contributed by atoms with Crippen LogP contribution in [0.15, 0.2) is 64.1 Å². The van der Waals surface area contributed by atoms with Gasteiger partial charge < -0.3 is 4.74 Å². The lowest BCUT2D eigenvalue weighted by atomic mass is 9.68. The van der Waals surface area contributed by atoms with Crippen LogP contribution in [0.4, 0.5) is 0 Å². The van der Waals surface area contributed by atoms with E-state index in [9.17, 15) is 18.0 Å². The van der Waals surface area contributed by atoms with E-state index in [-0.39, 0.29) is 0 Å². The first-order valence-electron chi connectivity index (χ1n) is 8.52. The summed E-state index contributed by atoms with van der Waals surface area (Å²) in [5.74, 6) is -1.64. The van der Waals surface area contributed by atoms with Crippen LogP contribution in [0.25, 0.3) is 0 Å². The summed E-state index contributed by atoms with van der Waals surface area (Å²) in [6.45, 7) is 0. The molecule has 2 heterocycles. The van der Waals surface area contributed by atoms with Crippen LogP contribution in [0.1, 0.15) is 11.1 Å². The summed E-state index contributed by atoms with van der Waals surface area (Å²) >= 11 is 3.34. The van der Waals surface area contributed by atoms with Gasteiger partial charge in [0.25, 0.3) is 5.91 Å². The van der Waals surface area contributed by atoms with Crippen LogP contribution >= 0.6 is 15.9 Å². The Balaban J connectivity index is 2.16. The second-order valence-corrected chi connectivity index (χ2v) is 9.36. The van der Waals surface area contributed by atoms with Gasteiger partial charge in [0.05, 0.1) is 7.11 Å². The van der Waals surface area contributed by atoms with Gasteiger partial charge in [-0.15, -0.1) is 0 Å². The predicted octanol–water partition coefficient (Wildman–Crippen LogP) is 1.77. The Kier molecular flexibility index (Phi) is 4.32. The summed E-state index contributed by atoms with van der Waals surface area (Å²) in [4.78, 5) is 31.2. The van der Waals surface area contributed by atoms with Crippen LogP contribution in [0.2, 0.25) is 0 Å². The zero-order valence-corrected chi connectivity index (χ0v) is 17.8. The highest BCUT2D eigenvalue weighted by Gasteiger charge is 2.77. The van der Waals surface area contributed by atoms with Gasteiger partial charge in [0, 0.05) is 11.5 Å². The van der Waals surface area contributed by atoms with Crippen molar-refractivity contribution >= 4 is 44.4 Å². The predicted molar refractivity (Wildman–Crippen MR) is 108 cm³/mol. The molecule has 2 aromatic rings. The maximum atomic E-state index is 13.6. The van der Waals surface area contributed by atoms with E-state index in [1.807, 2.05) is 0 Å². The van der Waals surface area contributed by atoms with E-state index >= 15 is 0 Å². The van der Waals surface area contributed by atoms with Crippen LogP contribution in [0.3, 0.4) is 0 Å². The van der Waals surface area contributed by atoms with Crippen LogP contribution in [0.5, 0.6) is 0 Å². The van der Waals surface area contributed by atoms with Crippen molar-refractivity contribution in [2.45, 2.75) is 11.1 Å². The average molecular weight is 478 g/mol. The molecule has 2 atom stereocenters. The summed E-state index contributed by atoms with van der Waals surface area (Å²) < 4.78 is 33.4. The van der Waals surface area contributed by atoms with E-state index in [1.54, 1.807) is 54.6 Å². The number of methoxy groups -OCH3 is 1. The fourth-order valence-electron chi connectivity index (χ4n) is 4.00. The molecule has 0 unspecified atom stereocenters. The number of hydrogen-bond acceptors (Lipinski definition) is 6. The first kappa shape index (κ1) is 19.6. The van der Waals surface area contributed by atoms with Gasteiger partial charge in [0.15, 0.2) is 0 Å². The maximum absolute atomic E-state index is 13.6. The van der Waals surface area contributed by atoms with Crippen molar-refractivity contribution < 1.29 is 22.7 Å². The van der Waals surface area contributed by atoms with Gasteiger partial charge in [0.1, 0.15) is 6.34 Å². The van der Waals surface area contributed by atoms with Gasteiger partial charge >= 0.3 is 16.2 Å². The number of hydrogen-bond donors (Lipinski definition) is 0. The molecule has 29 heavy (non-hydrogen) atoms. The van der Waals surface area contributed by atoms with Crippen molar-refractivity contribution in [1.29, 1.82) is 0 Å². The summed E-state index contributed by atoms with van der Waals surface area (Å²) in [7, 11) is -1.89. The number of halogens is 1.